The van der Waals surface area contributed by atoms with Gasteiger partial charge in [-0.1, -0.05) is 6.07 Å². The number of anilines is 2. The number of nitrogen functional groups attached to an aromatic ring is 1. The van der Waals surface area contributed by atoms with Gasteiger partial charge >= 0.3 is 0 Å². The molecular formula is C12H16N2O2S. The van der Waals surface area contributed by atoms with Crippen LogP contribution in [-0.2, 0) is 16.3 Å². The van der Waals surface area contributed by atoms with Crippen LogP contribution in [0.5, 0.6) is 0 Å². The zero-order chi connectivity index (χ0) is 12.0. The molecule has 92 valence electrons. The first-order valence-electron chi connectivity index (χ1n) is 5.91. The van der Waals surface area contributed by atoms with Crippen molar-refractivity contribution < 1.29 is 8.42 Å². The van der Waals surface area contributed by atoms with Crippen molar-refractivity contribution in [2.45, 2.75) is 18.9 Å². The Balaban J connectivity index is 1.92. The zero-order valence-electron chi connectivity index (χ0n) is 9.59. The Morgan fingerprint density at radius 3 is 2.88 bits per heavy atom. The highest BCUT2D eigenvalue weighted by molar-refractivity contribution is 7.91. The largest absolute Gasteiger partial charge is 0.398 e. The first-order chi connectivity index (χ1) is 8.07. The summed E-state index contributed by atoms with van der Waals surface area (Å²) in [6.45, 7) is 0.893. The van der Waals surface area contributed by atoms with Gasteiger partial charge < -0.3 is 10.6 Å². The molecule has 2 aliphatic heterocycles. The molecule has 2 heterocycles. The van der Waals surface area contributed by atoms with E-state index in [1.54, 1.807) is 0 Å². The molecule has 2 aliphatic rings. The molecule has 0 aromatic heterocycles. The SMILES string of the molecule is Nc1cccc2c1CCN2C1CCS(=O)(=O)C1. The number of fused-ring (bicyclic) bond motifs is 1. The number of sulfone groups is 1. The maximum atomic E-state index is 11.5. The van der Waals surface area contributed by atoms with Crippen molar-refractivity contribution in [2.75, 3.05) is 28.7 Å². The first kappa shape index (κ1) is 10.9. The van der Waals surface area contributed by atoms with Crippen LogP contribution in [0, 0.1) is 0 Å². The number of nitrogens with two attached hydrogens (primary N) is 1. The molecule has 5 heteroatoms. The van der Waals surface area contributed by atoms with Crippen LogP contribution in [-0.4, -0.2) is 32.5 Å². The van der Waals surface area contributed by atoms with Crippen molar-refractivity contribution in [3.8, 4) is 0 Å². The highest BCUT2D eigenvalue weighted by Crippen LogP contribution is 2.35. The summed E-state index contributed by atoms with van der Waals surface area (Å²) in [5.74, 6) is 0.618. The van der Waals surface area contributed by atoms with Crippen LogP contribution in [0.1, 0.15) is 12.0 Å². The van der Waals surface area contributed by atoms with Gasteiger partial charge in [-0.15, -0.1) is 0 Å². The second-order valence-corrected chi connectivity index (χ2v) is 7.07. The van der Waals surface area contributed by atoms with Crippen LogP contribution >= 0.6 is 0 Å². The number of hydrogen-bond acceptors (Lipinski definition) is 4. The van der Waals surface area contributed by atoms with E-state index in [4.69, 9.17) is 5.73 Å². The maximum absolute atomic E-state index is 11.5. The maximum Gasteiger partial charge on any atom is 0.152 e. The van der Waals surface area contributed by atoms with Crippen molar-refractivity contribution in [3.05, 3.63) is 23.8 Å². The zero-order valence-corrected chi connectivity index (χ0v) is 10.4. The molecule has 1 aromatic rings. The van der Waals surface area contributed by atoms with Crippen LogP contribution in [0.2, 0.25) is 0 Å². The molecule has 1 aromatic carbocycles. The summed E-state index contributed by atoms with van der Waals surface area (Å²) in [6, 6.07) is 6.04. The third-order valence-electron chi connectivity index (χ3n) is 3.75. The van der Waals surface area contributed by atoms with E-state index in [0.717, 1.165) is 30.8 Å². The first-order valence-corrected chi connectivity index (χ1v) is 7.73. The van der Waals surface area contributed by atoms with E-state index in [1.165, 1.54) is 5.56 Å². The minimum atomic E-state index is -2.82. The Labute approximate surface area is 101 Å². The van der Waals surface area contributed by atoms with Gasteiger partial charge in [0.25, 0.3) is 0 Å². The summed E-state index contributed by atoms with van der Waals surface area (Å²) in [5.41, 5.74) is 9.08. The monoisotopic (exact) mass is 252 g/mol. The lowest BCUT2D eigenvalue weighted by Crippen LogP contribution is -2.34. The molecule has 4 nitrogen and oxygen atoms in total. The molecule has 0 saturated carbocycles. The van der Waals surface area contributed by atoms with Crippen molar-refractivity contribution in [1.29, 1.82) is 0 Å². The average Bonchev–Trinajstić information content (AvgIpc) is 2.82. The van der Waals surface area contributed by atoms with Crippen molar-refractivity contribution in [3.63, 3.8) is 0 Å². The van der Waals surface area contributed by atoms with Gasteiger partial charge in [0, 0.05) is 29.5 Å². The van der Waals surface area contributed by atoms with Gasteiger partial charge in [0.1, 0.15) is 0 Å². The predicted molar refractivity (Wildman–Crippen MR) is 69.0 cm³/mol. The molecule has 1 fully saturated rings. The van der Waals surface area contributed by atoms with E-state index in [0.29, 0.717) is 11.5 Å². The fraction of sp³-hybridized carbons (Fsp3) is 0.500. The Bertz CT molecular complexity index is 554. The third-order valence-corrected chi connectivity index (χ3v) is 5.50. The Morgan fingerprint density at radius 2 is 2.18 bits per heavy atom. The molecule has 0 radical (unpaired) electrons. The second-order valence-electron chi connectivity index (χ2n) is 4.85. The van der Waals surface area contributed by atoms with Gasteiger partial charge in [-0.25, -0.2) is 8.42 Å². The van der Waals surface area contributed by atoms with E-state index < -0.39 is 9.84 Å². The van der Waals surface area contributed by atoms with E-state index in [9.17, 15) is 8.42 Å². The molecule has 0 spiro atoms. The van der Waals surface area contributed by atoms with Crippen LogP contribution in [0.25, 0.3) is 0 Å². The number of hydrogen-bond donors (Lipinski definition) is 1. The molecule has 0 aliphatic carbocycles. The Hall–Kier alpha value is -1.23. The van der Waals surface area contributed by atoms with Gasteiger partial charge in [0.15, 0.2) is 9.84 Å². The summed E-state index contributed by atoms with van der Waals surface area (Å²) in [7, 11) is -2.82. The van der Waals surface area contributed by atoms with Crippen LogP contribution in [0.4, 0.5) is 11.4 Å². The van der Waals surface area contributed by atoms with E-state index in [-0.39, 0.29) is 6.04 Å². The van der Waals surface area contributed by atoms with E-state index in [2.05, 4.69) is 4.90 Å². The number of nitrogens with zero attached hydrogens (tertiary/aromatic N) is 1. The summed E-state index contributed by atoms with van der Waals surface area (Å²) in [5, 5.41) is 0. The average molecular weight is 252 g/mol. The van der Waals surface area contributed by atoms with Crippen LogP contribution < -0.4 is 10.6 Å². The lowest BCUT2D eigenvalue weighted by Gasteiger charge is -2.25. The van der Waals surface area contributed by atoms with E-state index >= 15 is 0 Å². The standard InChI is InChI=1S/C12H16N2O2S/c13-11-2-1-3-12-10(11)4-6-14(12)9-5-7-17(15,16)8-9/h1-3,9H,4-8,13H2. The minimum Gasteiger partial charge on any atom is -0.398 e. The molecule has 3 rings (SSSR count). The lowest BCUT2D eigenvalue weighted by atomic mass is 10.1. The van der Waals surface area contributed by atoms with E-state index in [1.807, 2.05) is 18.2 Å². The Morgan fingerprint density at radius 1 is 1.35 bits per heavy atom. The quantitative estimate of drug-likeness (QED) is 0.752. The molecule has 17 heavy (non-hydrogen) atoms. The molecular weight excluding hydrogens is 236 g/mol. The summed E-state index contributed by atoms with van der Waals surface area (Å²) in [6.07, 6.45) is 1.68. The van der Waals surface area contributed by atoms with Gasteiger partial charge in [0.2, 0.25) is 0 Å². The summed E-state index contributed by atoms with van der Waals surface area (Å²) in [4.78, 5) is 2.22. The molecule has 2 N–H and O–H groups in total. The predicted octanol–water partition coefficient (Wildman–Crippen LogP) is 0.818. The molecule has 1 atom stereocenters. The number of benzene rings is 1. The molecule has 1 saturated heterocycles. The molecule has 0 amide bonds. The van der Waals surface area contributed by atoms with Gasteiger partial charge in [-0.2, -0.15) is 0 Å². The summed E-state index contributed by atoms with van der Waals surface area (Å²) < 4.78 is 23.1. The molecule has 0 bridgehead atoms. The highest BCUT2D eigenvalue weighted by Gasteiger charge is 2.35. The normalized spacial score (nSPS) is 26.1. The van der Waals surface area contributed by atoms with Crippen LogP contribution in [0.15, 0.2) is 18.2 Å². The minimum absolute atomic E-state index is 0.142. The number of rotatable bonds is 1. The van der Waals surface area contributed by atoms with Crippen molar-refractivity contribution in [2.24, 2.45) is 0 Å². The topological polar surface area (TPSA) is 63.4 Å². The fourth-order valence-corrected chi connectivity index (χ4v) is 4.62. The Kier molecular flexibility index (Phi) is 2.33. The lowest BCUT2D eigenvalue weighted by molar-refractivity contribution is 0.600. The summed E-state index contributed by atoms with van der Waals surface area (Å²) >= 11 is 0. The van der Waals surface area contributed by atoms with Gasteiger partial charge in [-0.3, -0.25) is 0 Å². The fourth-order valence-electron chi connectivity index (χ4n) is 2.89. The van der Waals surface area contributed by atoms with Crippen molar-refractivity contribution in [1.82, 2.24) is 0 Å². The van der Waals surface area contributed by atoms with Crippen LogP contribution in [0.3, 0.4) is 0 Å². The smallest absolute Gasteiger partial charge is 0.152 e. The molecule has 1 unspecified atom stereocenters. The van der Waals surface area contributed by atoms with Gasteiger partial charge in [-0.05, 0) is 25.0 Å². The second kappa shape index (κ2) is 3.63. The van der Waals surface area contributed by atoms with Crippen molar-refractivity contribution >= 4 is 21.2 Å². The third kappa shape index (κ3) is 1.78. The van der Waals surface area contributed by atoms with Gasteiger partial charge in [0.05, 0.1) is 11.5 Å². The highest BCUT2D eigenvalue weighted by atomic mass is 32.2.